The van der Waals surface area contributed by atoms with Crippen molar-refractivity contribution in [1.82, 2.24) is 14.8 Å². The fourth-order valence-electron chi connectivity index (χ4n) is 2.84. The SMILES string of the molecule is COC(=O)C1=C(C)Nc2ncnn2[C@H]1c1ccc(C(C)C)cc1. The number of carbonyl (C=O) groups is 1. The topological polar surface area (TPSA) is 69.0 Å². The van der Waals surface area contributed by atoms with Gasteiger partial charge in [0, 0.05) is 5.70 Å². The van der Waals surface area contributed by atoms with E-state index in [0.29, 0.717) is 17.4 Å². The lowest BCUT2D eigenvalue weighted by atomic mass is 9.93. The Kier molecular flexibility index (Phi) is 3.90. The minimum Gasteiger partial charge on any atom is -0.466 e. The van der Waals surface area contributed by atoms with E-state index in [1.807, 2.05) is 19.1 Å². The van der Waals surface area contributed by atoms with Crippen LogP contribution in [0, 0.1) is 0 Å². The fraction of sp³-hybridized carbons (Fsp3) is 0.353. The molecular formula is C17H20N4O2. The summed E-state index contributed by atoms with van der Waals surface area (Å²) < 4.78 is 6.68. The van der Waals surface area contributed by atoms with Gasteiger partial charge in [-0.05, 0) is 24.0 Å². The average Bonchev–Trinajstić information content (AvgIpc) is 3.00. The van der Waals surface area contributed by atoms with E-state index in [4.69, 9.17) is 4.74 Å². The zero-order valence-electron chi connectivity index (χ0n) is 13.7. The van der Waals surface area contributed by atoms with Gasteiger partial charge in [0.2, 0.25) is 5.95 Å². The first kappa shape index (κ1) is 15.3. The number of methoxy groups -OCH3 is 1. The number of aromatic nitrogens is 3. The third kappa shape index (κ3) is 2.60. The number of benzene rings is 1. The molecule has 1 atom stereocenters. The quantitative estimate of drug-likeness (QED) is 0.883. The molecule has 0 radical (unpaired) electrons. The van der Waals surface area contributed by atoms with Crippen LogP contribution in [-0.4, -0.2) is 27.8 Å². The maximum absolute atomic E-state index is 12.3. The highest BCUT2D eigenvalue weighted by atomic mass is 16.5. The number of anilines is 1. The first-order valence-electron chi connectivity index (χ1n) is 7.58. The highest BCUT2D eigenvalue weighted by Crippen LogP contribution is 2.35. The van der Waals surface area contributed by atoms with Gasteiger partial charge in [0.15, 0.2) is 0 Å². The molecular weight excluding hydrogens is 292 g/mol. The van der Waals surface area contributed by atoms with Crippen LogP contribution in [0.1, 0.15) is 43.9 Å². The maximum atomic E-state index is 12.3. The molecule has 1 aromatic carbocycles. The molecule has 3 rings (SSSR count). The van der Waals surface area contributed by atoms with Gasteiger partial charge in [0.1, 0.15) is 12.4 Å². The average molecular weight is 312 g/mol. The normalized spacial score (nSPS) is 17.0. The number of allylic oxidation sites excluding steroid dienone is 1. The Morgan fingerprint density at radius 3 is 2.61 bits per heavy atom. The van der Waals surface area contributed by atoms with Crippen molar-refractivity contribution < 1.29 is 9.53 Å². The molecule has 1 N–H and O–H groups in total. The van der Waals surface area contributed by atoms with Crippen LogP contribution in [0.5, 0.6) is 0 Å². The van der Waals surface area contributed by atoms with E-state index < -0.39 is 0 Å². The van der Waals surface area contributed by atoms with Crippen LogP contribution in [0.15, 0.2) is 41.9 Å². The number of hydrogen-bond acceptors (Lipinski definition) is 5. The van der Waals surface area contributed by atoms with Crippen molar-refractivity contribution >= 4 is 11.9 Å². The molecule has 1 aromatic heterocycles. The second-order valence-corrected chi connectivity index (χ2v) is 5.91. The molecule has 0 saturated heterocycles. The van der Waals surface area contributed by atoms with Gasteiger partial charge >= 0.3 is 5.97 Å². The van der Waals surface area contributed by atoms with Crippen molar-refractivity contribution in [3.63, 3.8) is 0 Å². The number of nitrogens with zero attached hydrogens (tertiary/aromatic N) is 3. The zero-order valence-corrected chi connectivity index (χ0v) is 13.7. The van der Waals surface area contributed by atoms with Crippen LogP contribution in [0.2, 0.25) is 0 Å². The summed E-state index contributed by atoms with van der Waals surface area (Å²) in [6, 6.07) is 7.90. The predicted octanol–water partition coefficient (Wildman–Crippen LogP) is 2.86. The molecule has 1 aliphatic rings. The van der Waals surface area contributed by atoms with Gasteiger partial charge in [0.25, 0.3) is 0 Å². The second kappa shape index (κ2) is 5.87. The van der Waals surface area contributed by atoms with Crippen molar-refractivity contribution in [1.29, 1.82) is 0 Å². The summed E-state index contributed by atoms with van der Waals surface area (Å²) in [6.07, 6.45) is 1.48. The Labute approximate surface area is 135 Å². The first-order valence-corrected chi connectivity index (χ1v) is 7.58. The van der Waals surface area contributed by atoms with Crippen molar-refractivity contribution in [2.75, 3.05) is 12.4 Å². The molecule has 0 spiro atoms. The van der Waals surface area contributed by atoms with Crippen LogP contribution < -0.4 is 5.32 Å². The monoisotopic (exact) mass is 312 g/mol. The predicted molar refractivity (Wildman–Crippen MR) is 87.0 cm³/mol. The minimum absolute atomic E-state index is 0.345. The fourth-order valence-corrected chi connectivity index (χ4v) is 2.84. The molecule has 6 heteroatoms. The molecule has 0 unspecified atom stereocenters. The molecule has 120 valence electrons. The van der Waals surface area contributed by atoms with Crippen LogP contribution in [-0.2, 0) is 9.53 Å². The number of fused-ring (bicyclic) bond motifs is 1. The molecule has 0 saturated carbocycles. The third-order valence-corrected chi connectivity index (χ3v) is 4.12. The molecule has 0 amide bonds. The molecule has 2 aromatic rings. The smallest absolute Gasteiger partial charge is 0.338 e. The van der Waals surface area contributed by atoms with Crippen molar-refractivity contribution in [2.45, 2.75) is 32.7 Å². The standard InChI is InChI=1S/C17H20N4O2/c1-10(2)12-5-7-13(8-6-12)15-14(16(22)23-4)11(3)20-17-18-9-19-21(15)17/h5-10,15H,1-4H3,(H,18,19,20)/t15-/m0/s1. The molecule has 0 fully saturated rings. The van der Waals surface area contributed by atoms with Crippen LogP contribution >= 0.6 is 0 Å². The molecule has 0 aliphatic carbocycles. The molecule has 1 aliphatic heterocycles. The Bertz CT molecular complexity index is 759. The van der Waals surface area contributed by atoms with E-state index >= 15 is 0 Å². The largest absolute Gasteiger partial charge is 0.466 e. The Balaban J connectivity index is 2.11. The third-order valence-electron chi connectivity index (χ3n) is 4.12. The first-order chi connectivity index (χ1) is 11.0. The zero-order chi connectivity index (χ0) is 16.6. The van der Waals surface area contributed by atoms with Gasteiger partial charge in [-0.1, -0.05) is 38.1 Å². The summed E-state index contributed by atoms with van der Waals surface area (Å²) in [5.74, 6) is 0.707. The number of esters is 1. The number of hydrogen-bond donors (Lipinski definition) is 1. The Morgan fingerprint density at radius 2 is 2.00 bits per heavy atom. The van der Waals surface area contributed by atoms with E-state index in [0.717, 1.165) is 11.3 Å². The van der Waals surface area contributed by atoms with Crippen molar-refractivity contribution in [3.8, 4) is 0 Å². The van der Waals surface area contributed by atoms with Gasteiger partial charge in [-0.25, -0.2) is 9.48 Å². The number of carbonyl (C=O) groups excluding carboxylic acids is 1. The summed E-state index contributed by atoms with van der Waals surface area (Å²) in [6.45, 7) is 6.15. The Morgan fingerprint density at radius 1 is 1.30 bits per heavy atom. The van der Waals surface area contributed by atoms with Crippen LogP contribution in [0.3, 0.4) is 0 Å². The lowest BCUT2D eigenvalue weighted by Crippen LogP contribution is -2.29. The lowest BCUT2D eigenvalue weighted by Gasteiger charge is -2.28. The van der Waals surface area contributed by atoms with Gasteiger partial charge in [-0.2, -0.15) is 10.1 Å². The summed E-state index contributed by atoms with van der Waals surface area (Å²) in [4.78, 5) is 16.5. The summed E-state index contributed by atoms with van der Waals surface area (Å²) in [5, 5.41) is 7.38. The van der Waals surface area contributed by atoms with E-state index in [9.17, 15) is 4.79 Å². The molecule has 23 heavy (non-hydrogen) atoms. The number of rotatable bonds is 3. The van der Waals surface area contributed by atoms with Gasteiger partial charge in [-0.15, -0.1) is 0 Å². The second-order valence-electron chi connectivity index (χ2n) is 5.91. The summed E-state index contributed by atoms with van der Waals surface area (Å²) >= 11 is 0. The highest BCUT2D eigenvalue weighted by molar-refractivity contribution is 5.92. The lowest BCUT2D eigenvalue weighted by molar-refractivity contribution is -0.136. The van der Waals surface area contributed by atoms with Gasteiger partial charge < -0.3 is 10.1 Å². The summed E-state index contributed by atoms with van der Waals surface area (Å²) in [5.41, 5.74) is 3.50. The van der Waals surface area contributed by atoms with Gasteiger partial charge in [0.05, 0.1) is 12.7 Å². The highest BCUT2D eigenvalue weighted by Gasteiger charge is 2.33. The van der Waals surface area contributed by atoms with Gasteiger partial charge in [-0.3, -0.25) is 0 Å². The Hall–Kier alpha value is -2.63. The molecule has 2 heterocycles. The van der Waals surface area contributed by atoms with E-state index in [-0.39, 0.29) is 12.0 Å². The number of ether oxygens (including phenoxy) is 1. The maximum Gasteiger partial charge on any atom is 0.338 e. The van der Waals surface area contributed by atoms with Crippen LogP contribution in [0.4, 0.5) is 5.95 Å². The summed E-state index contributed by atoms with van der Waals surface area (Å²) in [7, 11) is 1.39. The van der Waals surface area contributed by atoms with E-state index in [2.05, 4.69) is 41.4 Å². The number of nitrogens with one attached hydrogen (secondary N) is 1. The van der Waals surface area contributed by atoms with Crippen LogP contribution in [0.25, 0.3) is 0 Å². The van der Waals surface area contributed by atoms with E-state index in [1.54, 1.807) is 4.68 Å². The minimum atomic E-state index is -0.367. The van der Waals surface area contributed by atoms with Crippen molar-refractivity contribution in [3.05, 3.63) is 53.0 Å². The molecule has 6 nitrogen and oxygen atoms in total. The van der Waals surface area contributed by atoms with Crippen molar-refractivity contribution in [2.24, 2.45) is 0 Å². The molecule has 0 bridgehead atoms. The van der Waals surface area contributed by atoms with E-state index in [1.165, 1.54) is 19.0 Å².